The van der Waals surface area contributed by atoms with Crippen LogP contribution >= 0.6 is 0 Å². The van der Waals surface area contributed by atoms with E-state index in [-0.39, 0.29) is 0 Å². The Labute approximate surface area is 140 Å². The zero-order valence-corrected chi connectivity index (χ0v) is 14.2. The van der Waals surface area contributed by atoms with Gasteiger partial charge in [-0.15, -0.1) is 6.58 Å². The van der Waals surface area contributed by atoms with Gasteiger partial charge in [-0.05, 0) is 32.3 Å². The zero-order valence-electron chi connectivity index (χ0n) is 14.2. The van der Waals surface area contributed by atoms with E-state index in [0.29, 0.717) is 18.4 Å². The predicted molar refractivity (Wildman–Crippen MR) is 87.4 cm³/mol. The number of benzene rings is 1. The molecule has 1 amide bonds. The summed E-state index contributed by atoms with van der Waals surface area (Å²) in [5.74, 6) is -1.97. The van der Waals surface area contributed by atoms with Crippen LogP contribution in [0.1, 0.15) is 45.3 Å². The molecule has 0 radical (unpaired) electrons. The van der Waals surface area contributed by atoms with E-state index < -0.39 is 29.8 Å². The quantitative estimate of drug-likeness (QED) is 0.703. The number of alkyl halides is 3. The van der Waals surface area contributed by atoms with Crippen LogP contribution in [0.3, 0.4) is 0 Å². The average molecular weight is 343 g/mol. The van der Waals surface area contributed by atoms with E-state index in [2.05, 4.69) is 6.58 Å². The molecule has 6 heteroatoms. The minimum atomic E-state index is -4.93. The van der Waals surface area contributed by atoms with Crippen molar-refractivity contribution in [1.29, 1.82) is 0 Å². The summed E-state index contributed by atoms with van der Waals surface area (Å²) in [5.41, 5.74) is 0.121. The number of ether oxygens (including phenoxy) is 1. The number of halogens is 3. The average Bonchev–Trinajstić information content (AvgIpc) is 2.52. The van der Waals surface area contributed by atoms with Crippen molar-refractivity contribution >= 4 is 5.91 Å². The van der Waals surface area contributed by atoms with Gasteiger partial charge in [-0.3, -0.25) is 4.79 Å². The summed E-state index contributed by atoms with van der Waals surface area (Å²) in [6, 6.07) is 8.05. The number of hydrogen-bond donors (Lipinski definition) is 1. The van der Waals surface area contributed by atoms with Gasteiger partial charge in [0.25, 0.3) is 0 Å². The molecule has 0 aliphatic heterocycles. The fourth-order valence-corrected chi connectivity index (χ4v) is 2.35. The highest BCUT2D eigenvalue weighted by Gasteiger charge is 2.41. The van der Waals surface area contributed by atoms with Crippen LogP contribution in [0, 0.1) is 0 Å². The van der Waals surface area contributed by atoms with Gasteiger partial charge in [0.2, 0.25) is 0 Å². The maximum absolute atomic E-state index is 12.5. The molecular formula is C18H24F3NO2. The molecule has 1 rings (SSSR count). The van der Waals surface area contributed by atoms with Gasteiger partial charge in [0.15, 0.2) is 0 Å². The van der Waals surface area contributed by atoms with E-state index in [1.807, 2.05) is 25.2 Å². The molecule has 3 nitrogen and oxygen atoms in total. The molecule has 0 saturated carbocycles. The van der Waals surface area contributed by atoms with Gasteiger partial charge in [0.1, 0.15) is 6.10 Å². The Balaban J connectivity index is 3.06. The van der Waals surface area contributed by atoms with Crippen LogP contribution in [-0.4, -0.2) is 23.7 Å². The largest absolute Gasteiger partial charge is 0.471 e. The Bertz CT molecular complexity index is 545. The molecule has 1 aromatic rings. The molecule has 0 saturated heterocycles. The molecule has 0 spiro atoms. The Hall–Kier alpha value is -1.82. The molecule has 1 N–H and O–H groups in total. The van der Waals surface area contributed by atoms with E-state index in [1.165, 1.54) is 6.92 Å². The summed E-state index contributed by atoms with van der Waals surface area (Å²) in [7, 11) is 0. The van der Waals surface area contributed by atoms with Crippen LogP contribution < -0.4 is 5.32 Å². The molecule has 0 aliphatic carbocycles. The molecule has 0 bridgehead atoms. The minimum Gasteiger partial charge on any atom is -0.365 e. The first-order chi connectivity index (χ1) is 11.1. The number of rotatable bonds is 8. The molecule has 24 heavy (non-hydrogen) atoms. The molecule has 0 unspecified atom stereocenters. The predicted octanol–water partition coefficient (Wildman–Crippen LogP) is 4.56. The second kappa shape index (κ2) is 8.33. The maximum Gasteiger partial charge on any atom is 0.471 e. The van der Waals surface area contributed by atoms with Crippen LogP contribution in [0.15, 0.2) is 43.0 Å². The Kier molecular flexibility index (Phi) is 7.02. The first-order valence-corrected chi connectivity index (χ1v) is 7.84. The third-order valence-electron chi connectivity index (χ3n) is 3.93. The molecule has 0 heterocycles. The van der Waals surface area contributed by atoms with Crippen molar-refractivity contribution in [2.45, 2.75) is 57.5 Å². The third kappa shape index (κ3) is 5.67. The van der Waals surface area contributed by atoms with Gasteiger partial charge in [0.05, 0.1) is 11.6 Å². The highest BCUT2D eigenvalue weighted by molar-refractivity contribution is 5.82. The first-order valence-electron chi connectivity index (χ1n) is 7.84. The van der Waals surface area contributed by atoms with Crippen molar-refractivity contribution in [2.75, 3.05) is 0 Å². The Morgan fingerprint density at radius 1 is 1.33 bits per heavy atom. The zero-order chi connectivity index (χ0) is 18.4. The highest BCUT2D eigenvalue weighted by Crippen LogP contribution is 2.32. The van der Waals surface area contributed by atoms with Gasteiger partial charge in [0, 0.05) is 0 Å². The van der Waals surface area contributed by atoms with Gasteiger partial charge in [-0.2, -0.15) is 13.2 Å². The molecule has 134 valence electrons. The molecule has 0 aromatic heterocycles. The summed E-state index contributed by atoms with van der Waals surface area (Å²) in [4.78, 5) is 11.3. The smallest absolute Gasteiger partial charge is 0.365 e. The van der Waals surface area contributed by atoms with Crippen LogP contribution in [0.2, 0.25) is 0 Å². The Morgan fingerprint density at radius 2 is 1.92 bits per heavy atom. The van der Waals surface area contributed by atoms with Crippen molar-refractivity contribution in [3.05, 3.63) is 48.6 Å². The van der Waals surface area contributed by atoms with Crippen LogP contribution in [-0.2, 0) is 9.53 Å². The number of carbonyl (C=O) groups excluding carboxylic acids is 1. The topological polar surface area (TPSA) is 38.3 Å². The minimum absolute atomic E-state index is 0.548. The lowest BCUT2D eigenvalue weighted by Gasteiger charge is -2.36. The summed E-state index contributed by atoms with van der Waals surface area (Å²) in [6.45, 7) is 9.02. The van der Waals surface area contributed by atoms with Crippen molar-refractivity contribution in [3.8, 4) is 0 Å². The summed E-state index contributed by atoms with van der Waals surface area (Å²) in [5, 5.41) is 1.99. The van der Waals surface area contributed by atoms with Crippen molar-refractivity contribution < 1.29 is 22.7 Å². The van der Waals surface area contributed by atoms with Gasteiger partial charge in [-0.1, -0.05) is 43.3 Å². The summed E-state index contributed by atoms with van der Waals surface area (Å²) < 4.78 is 43.7. The van der Waals surface area contributed by atoms with Crippen LogP contribution in [0.25, 0.3) is 0 Å². The summed E-state index contributed by atoms with van der Waals surface area (Å²) in [6.07, 6.45) is -2.72. The van der Waals surface area contributed by atoms with E-state index in [4.69, 9.17) is 4.74 Å². The van der Waals surface area contributed by atoms with Crippen molar-refractivity contribution in [2.24, 2.45) is 0 Å². The molecule has 0 aliphatic rings. The normalized spacial score (nSPS) is 16.8. The van der Waals surface area contributed by atoms with Gasteiger partial charge in [-0.25, -0.2) is 0 Å². The van der Waals surface area contributed by atoms with Gasteiger partial charge < -0.3 is 10.1 Å². The van der Waals surface area contributed by atoms with Gasteiger partial charge >= 0.3 is 12.1 Å². The Morgan fingerprint density at radius 3 is 2.38 bits per heavy atom. The number of amides is 1. The summed E-state index contributed by atoms with van der Waals surface area (Å²) >= 11 is 0. The fourth-order valence-electron chi connectivity index (χ4n) is 2.35. The third-order valence-corrected chi connectivity index (χ3v) is 3.93. The second-order valence-corrected chi connectivity index (χ2v) is 6.01. The number of nitrogens with one attached hydrogen (secondary N) is 1. The SMILES string of the molecule is C=CC[C@](C)(CC)O[C@@H](c1ccccc1)[C@H](C)NC(=O)C(F)(F)F. The molecule has 3 atom stereocenters. The standard InChI is InChI=1S/C18H24F3NO2/c1-5-12-17(4,6-2)24-15(14-10-8-7-9-11-14)13(3)22-16(23)18(19,20)21/h5,7-11,13,15H,1,6,12H2,2-4H3,(H,22,23)/t13-,15+,17-/m0/s1. The maximum atomic E-state index is 12.5. The molecule has 1 aromatic carbocycles. The number of carbonyl (C=O) groups is 1. The van der Waals surface area contributed by atoms with Crippen LogP contribution in [0.4, 0.5) is 13.2 Å². The fraction of sp³-hybridized carbons (Fsp3) is 0.500. The van der Waals surface area contributed by atoms with E-state index in [9.17, 15) is 18.0 Å². The lowest BCUT2D eigenvalue weighted by Crippen LogP contribution is -2.46. The first kappa shape index (κ1) is 20.2. The van der Waals surface area contributed by atoms with E-state index in [0.717, 1.165) is 0 Å². The van der Waals surface area contributed by atoms with E-state index in [1.54, 1.807) is 30.3 Å². The highest BCUT2D eigenvalue weighted by atomic mass is 19.4. The lowest BCUT2D eigenvalue weighted by atomic mass is 9.96. The van der Waals surface area contributed by atoms with Crippen LogP contribution in [0.5, 0.6) is 0 Å². The van der Waals surface area contributed by atoms with E-state index >= 15 is 0 Å². The number of hydrogen-bond acceptors (Lipinski definition) is 2. The van der Waals surface area contributed by atoms with Crippen molar-refractivity contribution in [1.82, 2.24) is 5.32 Å². The lowest BCUT2D eigenvalue weighted by molar-refractivity contribution is -0.176. The van der Waals surface area contributed by atoms with Crippen molar-refractivity contribution in [3.63, 3.8) is 0 Å². The molecule has 0 fully saturated rings. The molecular weight excluding hydrogens is 319 g/mol. The second-order valence-electron chi connectivity index (χ2n) is 6.01. The monoisotopic (exact) mass is 343 g/mol.